The number of benzene rings is 11. The van der Waals surface area contributed by atoms with E-state index in [0.717, 1.165) is 17.7 Å². The average molecular weight is 939 g/mol. The van der Waals surface area contributed by atoms with Crippen molar-refractivity contribution in [3.8, 4) is 89.0 Å². The van der Waals surface area contributed by atoms with E-state index in [0.29, 0.717) is 0 Å². The fourth-order valence-corrected chi connectivity index (χ4v) is 10.5. The first-order valence-electron chi connectivity index (χ1n) is 25.6. The van der Waals surface area contributed by atoms with Gasteiger partial charge in [0.2, 0.25) is 0 Å². The molecule has 0 heterocycles. The highest BCUT2D eigenvalue weighted by molar-refractivity contribution is 5.99. The fourth-order valence-electron chi connectivity index (χ4n) is 10.5. The third-order valence-corrected chi connectivity index (χ3v) is 14.2. The van der Waals surface area contributed by atoms with E-state index in [-0.39, 0.29) is 12.2 Å². The smallest absolute Gasteiger partial charge is 0.106 e. The molecule has 2 heteroatoms. The van der Waals surface area contributed by atoms with E-state index in [4.69, 9.17) is 0 Å². The van der Waals surface area contributed by atoms with Crippen LogP contribution in [0.2, 0.25) is 0 Å². The van der Waals surface area contributed by atoms with Crippen molar-refractivity contribution in [3.05, 3.63) is 296 Å². The van der Waals surface area contributed by atoms with E-state index in [1.807, 2.05) is 0 Å². The molecule has 1 unspecified atom stereocenters. The number of para-hydroxylation sites is 1. The second-order valence-corrected chi connectivity index (χ2v) is 18.7. The number of nitrogens with zero attached hydrogens (tertiary/aromatic N) is 1. The molecular weight excluding hydrogens is 881 g/mol. The minimum atomic E-state index is -0.111. The van der Waals surface area contributed by atoms with Crippen LogP contribution in [-0.4, -0.2) is 6.54 Å². The van der Waals surface area contributed by atoms with E-state index < -0.39 is 0 Å². The Morgan fingerprint density at radius 3 is 0.836 bits per heavy atom. The summed E-state index contributed by atoms with van der Waals surface area (Å²) in [7, 11) is 0. The summed E-state index contributed by atoms with van der Waals surface area (Å²) in [6.45, 7) is 5.40. The summed E-state index contributed by atoms with van der Waals surface area (Å²) in [5.74, 6) is 0. The van der Waals surface area contributed by atoms with E-state index in [9.17, 15) is 0 Å². The summed E-state index contributed by atoms with van der Waals surface area (Å²) in [6, 6.07) is 104. The second kappa shape index (κ2) is 21.7. The first-order chi connectivity index (χ1) is 36.1. The maximum absolute atomic E-state index is 4.21. The summed E-state index contributed by atoms with van der Waals surface area (Å²) in [6.07, 6.45) is -0.111. The molecule has 11 aromatic rings. The Morgan fingerprint density at radius 1 is 0.288 bits per heavy atom. The first-order valence-corrected chi connectivity index (χ1v) is 25.6. The number of rotatable bonds is 15. The van der Waals surface area contributed by atoms with E-state index in [1.54, 1.807) is 0 Å². The minimum absolute atomic E-state index is 0.0867. The molecule has 11 aromatic carbocycles. The van der Waals surface area contributed by atoms with Gasteiger partial charge in [0.15, 0.2) is 0 Å². The quantitative estimate of drug-likeness (QED) is 0.103. The number of hydrogen-bond acceptors (Lipinski definition) is 2. The van der Waals surface area contributed by atoms with E-state index in [2.05, 4.69) is 309 Å². The Kier molecular flexibility index (Phi) is 13.8. The van der Waals surface area contributed by atoms with Gasteiger partial charge in [-0.2, -0.15) is 0 Å². The van der Waals surface area contributed by atoms with Crippen LogP contribution in [0.4, 0.5) is 5.69 Å². The topological polar surface area (TPSA) is 15.3 Å². The van der Waals surface area contributed by atoms with Gasteiger partial charge >= 0.3 is 0 Å². The molecule has 2 nitrogen and oxygen atoms in total. The lowest BCUT2D eigenvalue weighted by Crippen LogP contribution is -2.39. The molecule has 0 spiro atoms. The summed E-state index contributed by atoms with van der Waals surface area (Å²) in [5.41, 5.74) is 22.4. The molecule has 1 N–H and O–H groups in total. The fraction of sp³-hybridized carbons (Fsp3) is 0.0704. The molecule has 0 fully saturated rings. The summed E-state index contributed by atoms with van der Waals surface area (Å²) >= 11 is 0. The molecule has 0 aromatic heterocycles. The van der Waals surface area contributed by atoms with Gasteiger partial charge in [0, 0.05) is 18.3 Å². The van der Waals surface area contributed by atoms with Crippen LogP contribution < -0.4 is 10.2 Å². The Bertz CT molecular complexity index is 3360. The molecule has 0 saturated carbocycles. The SMILES string of the molecule is CCN(c1ccccc1)[C@@H](NC(C)c1cc(-c2cc(-c3ccccc3)c(-c3ccccc3)cc2-c2ccccc2)cc(-c2cc(-c3ccccc3)c(-c3ccccc3)cc2-c2ccccc2)c1)c1ccccc1. The summed E-state index contributed by atoms with van der Waals surface area (Å²) in [5, 5.41) is 4.21. The first kappa shape index (κ1) is 46.6. The normalized spacial score (nSPS) is 12.0. The van der Waals surface area contributed by atoms with Crippen molar-refractivity contribution < 1.29 is 0 Å². The van der Waals surface area contributed by atoms with Crippen LogP contribution >= 0.6 is 0 Å². The molecule has 0 aliphatic rings. The van der Waals surface area contributed by atoms with E-state index >= 15 is 0 Å². The van der Waals surface area contributed by atoms with Gasteiger partial charge in [-0.1, -0.05) is 231 Å². The maximum Gasteiger partial charge on any atom is 0.106 e. The van der Waals surface area contributed by atoms with Gasteiger partial charge in [0.25, 0.3) is 0 Å². The van der Waals surface area contributed by atoms with Crippen molar-refractivity contribution in [2.24, 2.45) is 0 Å². The molecular formula is C71H58N2. The Morgan fingerprint density at radius 2 is 0.548 bits per heavy atom. The third-order valence-electron chi connectivity index (χ3n) is 14.2. The van der Waals surface area contributed by atoms with Crippen molar-refractivity contribution in [2.75, 3.05) is 11.4 Å². The number of anilines is 1. The molecule has 352 valence electrons. The second-order valence-electron chi connectivity index (χ2n) is 18.7. The van der Waals surface area contributed by atoms with Crippen molar-refractivity contribution in [2.45, 2.75) is 26.1 Å². The highest BCUT2D eigenvalue weighted by atomic mass is 15.3. The Hall–Kier alpha value is -8.82. The van der Waals surface area contributed by atoms with E-state index in [1.165, 1.54) is 94.7 Å². The minimum Gasteiger partial charge on any atom is -0.352 e. The molecule has 73 heavy (non-hydrogen) atoms. The lowest BCUT2D eigenvalue weighted by molar-refractivity contribution is 0.449. The van der Waals surface area contributed by atoms with Gasteiger partial charge in [-0.25, -0.2) is 0 Å². The van der Waals surface area contributed by atoms with Crippen molar-refractivity contribution in [3.63, 3.8) is 0 Å². The zero-order valence-corrected chi connectivity index (χ0v) is 41.4. The van der Waals surface area contributed by atoms with Crippen LogP contribution in [0.1, 0.15) is 37.2 Å². The van der Waals surface area contributed by atoms with Gasteiger partial charge in [-0.05, 0) is 169 Å². The zero-order valence-electron chi connectivity index (χ0n) is 41.4. The highest BCUT2D eigenvalue weighted by Gasteiger charge is 2.25. The van der Waals surface area contributed by atoms with Gasteiger partial charge < -0.3 is 4.90 Å². The third kappa shape index (κ3) is 10.1. The van der Waals surface area contributed by atoms with Crippen LogP contribution in [0.15, 0.2) is 285 Å². The molecule has 0 amide bonds. The van der Waals surface area contributed by atoms with Crippen LogP contribution in [0.3, 0.4) is 0 Å². The van der Waals surface area contributed by atoms with Crippen LogP contribution in [0, 0.1) is 0 Å². The maximum atomic E-state index is 4.21. The van der Waals surface area contributed by atoms with Crippen molar-refractivity contribution >= 4 is 5.69 Å². The standard InChI is InChI=1S/C71H58N2/c1-3-73(62-42-26-11-27-43-62)71(58-40-24-10-25-41-58)72-51(2)59-44-60(69-49-65(54-32-16-6-17-33-54)63(52-28-12-4-13-29-52)47-67(69)56-36-20-8-21-37-56)46-61(45-59)70-50-66(55-34-18-7-19-35-55)64(53-30-14-5-15-31-53)48-68(70)57-38-22-9-23-39-57/h4-51,71-72H,3H2,1-2H3/t51?,71-/m1/s1. The van der Waals surface area contributed by atoms with Gasteiger partial charge in [0.1, 0.15) is 6.17 Å². The summed E-state index contributed by atoms with van der Waals surface area (Å²) in [4.78, 5) is 2.47. The van der Waals surface area contributed by atoms with Gasteiger partial charge in [-0.15, -0.1) is 0 Å². The largest absolute Gasteiger partial charge is 0.352 e. The zero-order chi connectivity index (χ0) is 49.3. The lowest BCUT2D eigenvalue weighted by Gasteiger charge is -2.36. The highest BCUT2D eigenvalue weighted by Crippen LogP contribution is 2.47. The van der Waals surface area contributed by atoms with Crippen molar-refractivity contribution in [1.29, 1.82) is 0 Å². The Balaban J connectivity index is 1.20. The lowest BCUT2D eigenvalue weighted by atomic mass is 9.82. The predicted molar refractivity (Wildman–Crippen MR) is 310 cm³/mol. The molecule has 0 aliphatic carbocycles. The molecule has 0 aliphatic heterocycles. The van der Waals surface area contributed by atoms with Gasteiger partial charge in [0.05, 0.1) is 0 Å². The molecule has 11 rings (SSSR count). The molecule has 2 atom stereocenters. The Labute approximate surface area is 431 Å². The molecule has 0 bridgehead atoms. The summed E-state index contributed by atoms with van der Waals surface area (Å²) < 4.78 is 0. The number of nitrogens with one attached hydrogen (secondary N) is 1. The van der Waals surface area contributed by atoms with Crippen LogP contribution in [0.25, 0.3) is 89.0 Å². The average Bonchev–Trinajstić information content (AvgIpc) is 3.48. The monoisotopic (exact) mass is 938 g/mol. The number of hydrogen-bond donors (Lipinski definition) is 1. The predicted octanol–water partition coefficient (Wildman–Crippen LogP) is 18.9. The van der Waals surface area contributed by atoms with Crippen molar-refractivity contribution in [1.82, 2.24) is 5.32 Å². The van der Waals surface area contributed by atoms with Gasteiger partial charge in [-0.3, -0.25) is 5.32 Å². The molecule has 0 saturated heterocycles. The molecule has 0 radical (unpaired) electrons. The van der Waals surface area contributed by atoms with Crippen LogP contribution in [0.5, 0.6) is 0 Å². The van der Waals surface area contributed by atoms with Crippen LogP contribution in [-0.2, 0) is 0 Å².